The summed E-state index contributed by atoms with van der Waals surface area (Å²) in [5, 5.41) is 7.03. The smallest absolute Gasteiger partial charge is 0.182 e. The van der Waals surface area contributed by atoms with Gasteiger partial charge in [0.05, 0.1) is 31.3 Å². The van der Waals surface area contributed by atoms with Crippen LogP contribution in [0.4, 0.5) is 5.82 Å². The van der Waals surface area contributed by atoms with Crippen LogP contribution in [0.1, 0.15) is 24.2 Å². The molecule has 9 heteroatoms. The van der Waals surface area contributed by atoms with Gasteiger partial charge < -0.3 is 15.0 Å². The maximum absolute atomic E-state index is 5.47. The lowest BCUT2D eigenvalue weighted by molar-refractivity contribution is 0.0410. The molecule has 1 atom stereocenters. The van der Waals surface area contributed by atoms with Crippen LogP contribution >= 0.6 is 11.8 Å². The van der Waals surface area contributed by atoms with Gasteiger partial charge in [-0.1, -0.05) is 18.2 Å². The molecule has 166 valence electrons. The third-order valence-electron chi connectivity index (χ3n) is 5.82. The first-order valence-corrected chi connectivity index (χ1v) is 11.9. The highest BCUT2D eigenvalue weighted by atomic mass is 32.2. The summed E-state index contributed by atoms with van der Waals surface area (Å²) < 4.78 is 5.47. The SMILES string of the molecule is Cc1cccc2cc([C@H](C)Nc3ncnc4nc[nH]c34)nc(SCCN3CCOCC3)c12. The molecule has 32 heavy (non-hydrogen) atoms. The lowest BCUT2D eigenvalue weighted by atomic mass is 10.1. The minimum absolute atomic E-state index is 0.0279. The van der Waals surface area contributed by atoms with E-state index in [0.717, 1.165) is 60.7 Å². The number of aromatic amines is 1. The van der Waals surface area contributed by atoms with Crippen molar-refractivity contribution in [1.82, 2.24) is 29.8 Å². The van der Waals surface area contributed by atoms with E-state index in [9.17, 15) is 0 Å². The number of benzene rings is 1. The van der Waals surface area contributed by atoms with Crippen molar-refractivity contribution in [1.29, 1.82) is 0 Å². The van der Waals surface area contributed by atoms with Gasteiger partial charge in [-0.2, -0.15) is 0 Å². The molecule has 4 aromatic rings. The van der Waals surface area contributed by atoms with E-state index in [1.54, 1.807) is 6.33 Å². The van der Waals surface area contributed by atoms with E-state index < -0.39 is 0 Å². The second kappa shape index (κ2) is 9.40. The average molecular weight is 450 g/mol. The quantitative estimate of drug-likeness (QED) is 0.412. The number of imidazole rings is 1. The summed E-state index contributed by atoms with van der Waals surface area (Å²) in [6, 6.07) is 8.59. The molecule has 4 heterocycles. The van der Waals surface area contributed by atoms with Crippen molar-refractivity contribution in [2.45, 2.75) is 24.9 Å². The monoisotopic (exact) mass is 449 g/mol. The fourth-order valence-electron chi connectivity index (χ4n) is 4.04. The van der Waals surface area contributed by atoms with Crippen LogP contribution in [0.5, 0.6) is 0 Å². The molecule has 1 saturated heterocycles. The van der Waals surface area contributed by atoms with E-state index in [-0.39, 0.29) is 6.04 Å². The first-order valence-electron chi connectivity index (χ1n) is 10.9. The first kappa shape index (κ1) is 21.1. The highest BCUT2D eigenvalue weighted by Gasteiger charge is 2.16. The molecule has 0 saturated carbocycles. The van der Waals surface area contributed by atoms with Crippen molar-refractivity contribution < 1.29 is 4.74 Å². The van der Waals surface area contributed by atoms with Gasteiger partial charge in [0.1, 0.15) is 16.9 Å². The number of rotatable bonds is 7. The Morgan fingerprint density at radius 2 is 2.09 bits per heavy atom. The number of hydrogen-bond donors (Lipinski definition) is 2. The summed E-state index contributed by atoms with van der Waals surface area (Å²) >= 11 is 1.84. The summed E-state index contributed by atoms with van der Waals surface area (Å²) in [4.78, 5) is 23.5. The fourth-order valence-corrected chi connectivity index (χ4v) is 5.18. The maximum Gasteiger partial charge on any atom is 0.182 e. The van der Waals surface area contributed by atoms with Gasteiger partial charge in [0.15, 0.2) is 11.5 Å². The van der Waals surface area contributed by atoms with Gasteiger partial charge in [-0.3, -0.25) is 4.90 Å². The Kier molecular flexibility index (Phi) is 6.20. The number of fused-ring (bicyclic) bond motifs is 2. The van der Waals surface area contributed by atoms with Crippen molar-refractivity contribution in [2.75, 3.05) is 43.9 Å². The van der Waals surface area contributed by atoms with Crippen LogP contribution in [0.2, 0.25) is 0 Å². The molecule has 0 amide bonds. The first-order chi connectivity index (χ1) is 15.7. The second-order valence-corrected chi connectivity index (χ2v) is 9.10. The van der Waals surface area contributed by atoms with Gasteiger partial charge in [-0.25, -0.2) is 19.9 Å². The van der Waals surface area contributed by atoms with E-state index in [1.165, 1.54) is 22.7 Å². The van der Waals surface area contributed by atoms with Gasteiger partial charge in [0.2, 0.25) is 0 Å². The Balaban J connectivity index is 1.40. The lowest BCUT2D eigenvalue weighted by Gasteiger charge is -2.26. The van der Waals surface area contributed by atoms with Crippen LogP contribution in [0.3, 0.4) is 0 Å². The molecule has 0 bridgehead atoms. The number of aryl methyl sites for hydroxylation is 1. The number of nitrogens with one attached hydrogen (secondary N) is 2. The van der Waals surface area contributed by atoms with E-state index >= 15 is 0 Å². The minimum atomic E-state index is -0.0279. The van der Waals surface area contributed by atoms with E-state index in [2.05, 4.69) is 68.3 Å². The Bertz CT molecular complexity index is 1220. The molecule has 0 spiro atoms. The number of pyridine rings is 1. The van der Waals surface area contributed by atoms with Crippen LogP contribution in [-0.4, -0.2) is 68.4 Å². The van der Waals surface area contributed by atoms with Gasteiger partial charge in [-0.05, 0) is 30.9 Å². The van der Waals surface area contributed by atoms with E-state index in [1.807, 2.05) is 11.8 Å². The van der Waals surface area contributed by atoms with E-state index in [4.69, 9.17) is 9.72 Å². The Labute approximate surface area is 191 Å². The fraction of sp³-hybridized carbons (Fsp3) is 0.391. The minimum Gasteiger partial charge on any atom is -0.379 e. The lowest BCUT2D eigenvalue weighted by Crippen LogP contribution is -2.37. The van der Waals surface area contributed by atoms with Crippen molar-refractivity contribution in [3.8, 4) is 0 Å². The van der Waals surface area contributed by atoms with Crippen LogP contribution in [0.25, 0.3) is 21.9 Å². The standard InChI is InChI=1S/C23H27N7OS/c1-15-4-3-5-17-12-18(16(2)28-22-20-21(25-13-24-20)26-14-27-22)29-23(19(15)17)32-11-8-30-6-9-31-10-7-30/h3-5,12-14,16H,6-11H2,1-2H3,(H2,24,25,26,27,28)/t16-/m0/s1. The number of morpholine rings is 1. The predicted molar refractivity (Wildman–Crippen MR) is 128 cm³/mol. The number of hydrogen-bond acceptors (Lipinski definition) is 8. The molecular weight excluding hydrogens is 422 g/mol. The number of anilines is 1. The molecule has 0 radical (unpaired) electrons. The Morgan fingerprint density at radius 1 is 1.22 bits per heavy atom. The molecule has 0 unspecified atom stereocenters. The zero-order valence-electron chi connectivity index (χ0n) is 18.3. The van der Waals surface area contributed by atoms with Crippen molar-refractivity contribution in [2.24, 2.45) is 0 Å². The summed E-state index contributed by atoms with van der Waals surface area (Å²) in [6.07, 6.45) is 3.16. The Morgan fingerprint density at radius 3 is 2.97 bits per heavy atom. The third-order valence-corrected chi connectivity index (χ3v) is 6.78. The van der Waals surface area contributed by atoms with Crippen LogP contribution < -0.4 is 5.32 Å². The molecule has 3 aromatic heterocycles. The molecule has 1 fully saturated rings. The molecule has 0 aliphatic carbocycles. The van der Waals surface area contributed by atoms with Crippen molar-refractivity contribution in [3.63, 3.8) is 0 Å². The van der Waals surface area contributed by atoms with Gasteiger partial charge in [0, 0.05) is 30.8 Å². The zero-order chi connectivity index (χ0) is 21.9. The largest absolute Gasteiger partial charge is 0.379 e. The summed E-state index contributed by atoms with van der Waals surface area (Å²) in [6.45, 7) is 8.99. The second-order valence-electron chi connectivity index (χ2n) is 8.02. The van der Waals surface area contributed by atoms with Crippen LogP contribution in [0.15, 0.2) is 41.9 Å². The molecular formula is C23H27N7OS. The third kappa shape index (κ3) is 4.41. The molecule has 2 N–H and O–H groups in total. The Hall–Kier alpha value is -2.75. The number of H-pyrrole nitrogens is 1. The summed E-state index contributed by atoms with van der Waals surface area (Å²) in [5.74, 6) is 1.73. The zero-order valence-corrected chi connectivity index (χ0v) is 19.2. The predicted octanol–water partition coefficient (Wildman–Crippen LogP) is 3.81. The normalized spacial score (nSPS) is 15.9. The number of thioether (sulfide) groups is 1. The van der Waals surface area contributed by atoms with Crippen molar-refractivity contribution >= 4 is 39.5 Å². The molecule has 8 nitrogen and oxygen atoms in total. The maximum atomic E-state index is 5.47. The van der Waals surface area contributed by atoms with Gasteiger partial charge in [0.25, 0.3) is 0 Å². The van der Waals surface area contributed by atoms with Crippen molar-refractivity contribution in [3.05, 3.63) is 48.2 Å². The molecule has 1 aliphatic rings. The molecule has 1 aromatic carbocycles. The van der Waals surface area contributed by atoms with Gasteiger partial charge >= 0.3 is 0 Å². The number of aromatic nitrogens is 5. The molecule has 1 aliphatic heterocycles. The van der Waals surface area contributed by atoms with Crippen LogP contribution in [0, 0.1) is 6.92 Å². The highest BCUT2D eigenvalue weighted by molar-refractivity contribution is 7.99. The number of ether oxygens (including phenoxy) is 1. The summed E-state index contributed by atoms with van der Waals surface area (Å²) in [5.41, 5.74) is 3.70. The topological polar surface area (TPSA) is 91.9 Å². The highest BCUT2D eigenvalue weighted by Crippen LogP contribution is 2.32. The average Bonchev–Trinajstić information content (AvgIpc) is 3.30. The van der Waals surface area contributed by atoms with E-state index in [0.29, 0.717) is 5.65 Å². The van der Waals surface area contributed by atoms with Crippen LogP contribution in [-0.2, 0) is 4.74 Å². The van der Waals surface area contributed by atoms with Gasteiger partial charge in [-0.15, -0.1) is 11.8 Å². The number of nitrogens with zero attached hydrogens (tertiary/aromatic N) is 5. The summed E-state index contributed by atoms with van der Waals surface area (Å²) in [7, 11) is 0. The molecule has 5 rings (SSSR count).